The summed E-state index contributed by atoms with van der Waals surface area (Å²) in [5.41, 5.74) is 8.19. The number of rotatable bonds is 3. The number of hydrogen-bond donors (Lipinski definition) is 2. The SMILES string of the molecule is O=C(CSC1=NNC2C3CC(c4ccccc4)NN3C=CN12)N1CCCCC1. The second-order valence-corrected chi connectivity index (χ2v) is 8.65. The predicted octanol–water partition coefficient (Wildman–Crippen LogP) is 2.04. The van der Waals surface area contributed by atoms with Crippen molar-refractivity contribution in [3.05, 3.63) is 48.3 Å². The second kappa shape index (κ2) is 7.67. The van der Waals surface area contributed by atoms with Crippen LogP contribution in [-0.4, -0.2) is 56.9 Å². The summed E-state index contributed by atoms with van der Waals surface area (Å²) in [6.07, 6.45) is 8.73. The van der Waals surface area contributed by atoms with E-state index >= 15 is 0 Å². The molecule has 4 aliphatic heterocycles. The third-order valence-corrected chi connectivity index (χ3v) is 6.89. The fraction of sp³-hybridized carbons (Fsp3) is 0.500. The van der Waals surface area contributed by atoms with Crippen molar-refractivity contribution in [3.8, 4) is 0 Å². The van der Waals surface area contributed by atoms with Crippen molar-refractivity contribution in [1.29, 1.82) is 0 Å². The van der Waals surface area contributed by atoms with Crippen LogP contribution >= 0.6 is 11.8 Å². The first-order valence-corrected chi connectivity index (χ1v) is 11.1. The molecule has 0 aromatic heterocycles. The van der Waals surface area contributed by atoms with E-state index in [9.17, 15) is 4.79 Å². The first-order valence-electron chi connectivity index (χ1n) is 10.1. The molecule has 2 fully saturated rings. The average Bonchev–Trinajstić information content (AvgIpc) is 3.37. The van der Waals surface area contributed by atoms with E-state index in [-0.39, 0.29) is 18.1 Å². The number of thioether (sulfide) groups is 1. The molecule has 1 amide bonds. The van der Waals surface area contributed by atoms with E-state index in [1.807, 2.05) is 4.90 Å². The zero-order valence-electron chi connectivity index (χ0n) is 15.8. The fourth-order valence-corrected chi connectivity index (χ4v) is 5.29. The zero-order chi connectivity index (χ0) is 18.9. The van der Waals surface area contributed by atoms with E-state index in [0.717, 1.165) is 37.5 Å². The van der Waals surface area contributed by atoms with Crippen LogP contribution in [0.5, 0.6) is 0 Å². The van der Waals surface area contributed by atoms with Gasteiger partial charge in [0.05, 0.1) is 17.8 Å². The number of likely N-dealkylation sites (tertiary alicyclic amines) is 1. The molecule has 2 saturated heterocycles. The highest BCUT2D eigenvalue weighted by Gasteiger charge is 2.44. The van der Waals surface area contributed by atoms with Crippen molar-refractivity contribution in [3.63, 3.8) is 0 Å². The maximum Gasteiger partial charge on any atom is 0.233 e. The Bertz CT molecular complexity index is 778. The minimum atomic E-state index is 0.0961. The predicted molar refractivity (Wildman–Crippen MR) is 111 cm³/mol. The van der Waals surface area contributed by atoms with E-state index < -0.39 is 0 Å². The van der Waals surface area contributed by atoms with Gasteiger partial charge in [-0.05, 0) is 31.2 Å². The molecule has 3 atom stereocenters. The number of fused-ring (bicyclic) bond motifs is 3. The summed E-state index contributed by atoms with van der Waals surface area (Å²) in [6, 6.07) is 11.1. The quantitative estimate of drug-likeness (QED) is 0.813. The number of amides is 1. The van der Waals surface area contributed by atoms with Crippen LogP contribution in [-0.2, 0) is 4.79 Å². The molecule has 4 heterocycles. The van der Waals surface area contributed by atoms with Crippen LogP contribution < -0.4 is 10.9 Å². The lowest BCUT2D eigenvalue weighted by Crippen LogP contribution is -2.54. The molecule has 0 aliphatic carbocycles. The van der Waals surface area contributed by atoms with E-state index in [4.69, 9.17) is 0 Å². The molecule has 28 heavy (non-hydrogen) atoms. The molecular weight excluding hydrogens is 372 g/mol. The maximum atomic E-state index is 12.5. The van der Waals surface area contributed by atoms with Gasteiger partial charge in [0.25, 0.3) is 0 Å². The van der Waals surface area contributed by atoms with Crippen molar-refractivity contribution in [2.75, 3.05) is 18.8 Å². The van der Waals surface area contributed by atoms with Crippen LogP contribution in [0.25, 0.3) is 0 Å². The van der Waals surface area contributed by atoms with E-state index in [1.54, 1.807) is 0 Å². The number of hydrogen-bond acceptors (Lipinski definition) is 7. The van der Waals surface area contributed by atoms with E-state index in [0.29, 0.717) is 11.8 Å². The number of hydrazone groups is 1. The van der Waals surface area contributed by atoms with Gasteiger partial charge in [-0.25, -0.2) is 5.43 Å². The highest BCUT2D eigenvalue weighted by Crippen LogP contribution is 2.35. The number of nitrogens with zero attached hydrogens (tertiary/aromatic N) is 4. The minimum Gasteiger partial charge on any atom is -0.342 e. The van der Waals surface area contributed by atoms with Crippen molar-refractivity contribution in [1.82, 2.24) is 25.7 Å². The van der Waals surface area contributed by atoms with Crippen molar-refractivity contribution < 1.29 is 4.79 Å². The Hall–Kier alpha value is -2.19. The smallest absolute Gasteiger partial charge is 0.233 e. The Morgan fingerprint density at radius 1 is 1.14 bits per heavy atom. The lowest BCUT2D eigenvalue weighted by Gasteiger charge is -2.36. The third kappa shape index (κ3) is 3.35. The molecule has 0 saturated carbocycles. The van der Waals surface area contributed by atoms with Crippen LogP contribution in [0.2, 0.25) is 0 Å². The van der Waals surface area contributed by atoms with Gasteiger partial charge >= 0.3 is 0 Å². The third-order valence-electron chi connectivity index (χ3n) is 5.94. The summed E-state index contributed by atoms with van der Waals surface area (Å²) in [5.74, 6) is 0.682. The molecule has 1 aromatic carbocycles. The van der Waals surface area contributed by atoms with Crippen molar-refractivity contribution in [2.24, 2.45) is 5.10 Å². The summed E-state index contributed by atoms with van der Waals surface area (Å²) in [4.78, 5) is 16.6. The molecular formula is C20H26N6OS. The Kier molecular flexibility index (Phi) is 4.90. The molecule has 1 aromatic rings. The minimum absolute atomic E-state index is 0.0961. The first-order chi connectivity index (χ1) is 13.8. The summed E-state index contributed by atoms with van der Waals surface area (Å²) >= 11 is 1.53. The Morgan fingerprint density at radius 3 is 2.79 bits per heavy atom. The molecule has 8 heteroatoms. The van der Waals surface area contributed by atoms with Gasteiger partial charge in [0.2, 0.25) is 5.91 Å². The standard InChI is InChI=1S/C20H26N6OS/c27-18(24-9-5-2-6-10-24)14-28-20-22-21-19-17-13-16(15-7-3-1-4-8-15)23-26(17)12-11-25(19)20/h1,3-4,7-8,11-12,16-17,19,21,23H,2,5-6,9-10,13-14H2. The lowest BCUT2D eigenvalue weighted by molar-refractivity contribution is -0.129. The van der Waals surface area contributed by atoms with Crippen molar-refractivity contribution >= 4 is 22.8 Å². The topological polar surface area (TPSA) is 63.2 Å². The van der Waals surface area contributed by atoms with Crippen LogP contribution in [0.3, 0.4) is 0 Å². The number of nitrogens with one attached hydrogen (secondary N) is 2. The van der Waals surface area contributed by atoms with E-state index in [1.165, 1.54) is 23.7 Å². The number of carbonyl (C=O) groups excluding carboxylic acids is 1. The summed E-state index contributed by atoms with van der Waals surface area (Å²) in [7, 11) is 0. The summed E-state index contributed by atoms with van der Waals surface area (Å²) in [6.45, 7) is 1.81. The van der Waals surface area contributed by atoms with Crippen LogP contribution in [0, 0.1) is 0 Å². The van der Waals surface area contributed by atoms with Crippen LogP contribution in [0.4, 0.5) is 0 Å². The van der Waals surface area contributed by atoms with Crippen molar-refractivity contribution in [2.45, 2.75) is 43.9 Å². The molecule has 0 bridgehead atoms. The Morgan fingerprint density at radius 2 is 1.96 bits per heavy atom. The molecule has 2 N–H and O–H groups in total. The second-order valence-electron chi connectivity index (χ2n) is 7.71. The fourth-order valence-electron chi connectivity index (χ4n) is 4.41. The monoisotopic (exact) mass is 398 g/mol. The van der Waals surface area contributed by atoms with Gasteiger partial charge in [-0.15, -0.1) is 0 Å². The van der Waals surface area contributed by atoms with Gasteiger partial charge in [-0.2, -0.15) is 5.10 Å². The molecule has 5 rings (SSSR count). The number of carbonyl (C=O) groups is 1. The Labute approximate surface area is 169 Å². The van der Waals surface area contributed by atoms with Gasteiger partial charge in [-0.1, -0.05) is 42.1 Å². The maximum absolute atomic E-state index is 12.5. The van der Waals surface area contributed by atoms with Crippen LogP contribution in [0.1, 0.15) is 37.3 Å². The molecule has 4 aliphatic rings. The highest BCUT2D eigenvalue weighted by molar-refractivity contribution is 8.14. The van der Waals surface area contributed by atoms with Gasteiger partial charge in [0.1, 0.15) is 6.17 Å². The summed E-state index contributed by atoms with van der Waals surface area (Å²) < 4.78 is 0. The molecule has 0 spiro atoms. The number of amidine groups is 1. The molecule has 148 valence electrons. The first kappa shape index (κ1) is 17.9. The van der Waals surface area contributed by atoms with Gasteiger partial charge < -0.3 is 14.8 Å². The largest absolute Gasteiger partial charge is 0.342 e. The number of benzene rings is 1. The summed E-state index contributed by atoms with van der Waals surface area (Å²) in [5, 5.41) is 7.61. The zero-order valence-corrected chi connectivity index (χ0v) is 16.6. The highest BCUT2D eigenvalue weighted by atomic mass is 32.2. The van der Waals surface area contributed by atoms with Gasteiger partial charge in [0, 0.05) is 25.5 Å². The number of piperidine rings is 1. The Balaban J connectivity index is 1.20. The lowest BCUT2D eigenvalue weighted by atomic mass is 10.00. The van der Waals surface area contributed by atoms with E-state index in [2.05, 4.69) is 68.6 Å². The number of hydrazine groups is 1. The molecule has 0 radical (unpaired) electrons. The molecule has 3 unspecified atom stereocenters. The van der Waals surface area contributed by atoms with Gasteiger partial charge in [0.15, 0.2) is 5.17 Å². The van der Waals surface area contributed by atoms with Crippen LogP contribution in [0.15, 0.2) is 47.8 Å². The normalized spacial score (nSPS) is 28.6. The molecule has 7 nitrogen and oxygen atoms in total. The average molecular weight is 399 g/mol. The van der Waals surface area contributed by atoms with Gasteiger partial charge in [-0.3, -0.25) is 10.2 Å².